The first-order chi connectivity index (χ1) is 14.7. The number of likely N-dealkylation sites (N-methyl/N-ethyl adjacent to an activating group) is 1. The number of carboxylic acid groups (broad SMARTS) is 1. The number of carbonyl (C=O) groups excluding carboxylic acids is 2. The van der Waals surface area contributed by atoms with Gasteiger partial charge >= 0.3 is 5.97 Å². The third-order valence-electron chi connectivity index (χ3n) is 4.61. The van der Waals surface area contributed by atoms with Gasteiger partial charge in [0.1, 0.15) is 11.9 Å². The third kappa shape index (κ3) is 7.14. The van der Waals surface area contributed by atoms with Crippen molar-refractivity contribution in [1.29, 1.82) is 5.41 Å². The molecule has 0 radical (unpaired) electrons. The molecule has 1 atom stereocenters. The molecule has 0 fully saturated rings. The highest BCUT2D eigenvalue weighted by Gasteiger charge is 2.28. The second-order valence-corrected chi connectivity index (χ2v) is 7.17. The van der Waals surface area contributed by atoms with Crippen molar-refractivity contribution < 1.29 is 19.5 Å². The molecule has 2 amide bonds. The van der Waals surface area contributed by atoms with E-state index < -0.39 is 12.0 Å². The van der Waals surface area contributed by atoms with Crippen molar-refractivity contribution in [3.63, 3.8) is 0 Å². The summed E-state index contributed by atoms with van der Waals surface area (Å²) in [6.07, 6.45) is -0.211. The molecule has 0 saturated heterocycles. The molecule has 164 valence electrons. The van der Waals surface area contributed by atoms with Gasteiger partial charge in [0.15, 0.2) is 0 Å². The summed E-state index contributed by atoms with van der Waals surface area (Å²) >= 11 is 0. The minimum absolute atomic E-state index is 0.0519. The molecular formula is C22H27N5O4. The molecule has 2 aromatic rings. The number of nitrogen functional groups attached to an aromatic ring is 1. The number of fused-ring (bicyclic) bond motifs is 1. The minimum atomic E-state index is -0.983. The molecule has 1 aliphatic heterocycles. The Balaban J connectivity index is 0.000000225. The highest BCUT2D eigenvalue weighted by Crippen LogP contribution is 2.22. The summed E-state index contributed by atoms with van der Waals surface area (Å²) in [5.74, 6) is -1.18. The summed E-state index contributed by atoms with van der Waals surface area (Å²) < 4.78 is 0. The van der Waals surface area contributed by atoms with Crippen molar-refractivity contribution in [3.8, 4) is 0 Å². The topological polar surface area (TPSA) is 149 Å². The summed E-state index contributed by atoms with van der Waals surface area (Å²) in [4.78, 5) is 34.9. The van der Waals surface area contributed by atoms with Crippen molar-refractivity contribution in [1.82, 2.24) is 10.2 Å². The molecule has 1 aliphatic rings. The first-order valence-electron chi connectivity index (χ1n) is 9.66. The number of rotatable bonds is 5. The maximum absolute atomic E-state index is 11.9. The normalized spacial score (nSPS) is 14.8. The van der Waals surface area contributed by atoms with Gasteiger partial charge in [-0.15, -0.1) is 0 Å². The smallest absolute Gasteiger partial charge is 0.305 e. The molecule has 0 saturated carbocycles. The number of benzene rings is 2. The van der Waals surface area contributed by atoms with E-state index in [-0.39, 0.29) is 24.1 Å². The lowest BCUT2D eigenvalue weighted by Gasteiger charge is -2.19. The quantitative estimate of drug-likeness (QED) is 0.362. The summed E-state index contributed by atoms with van der Waals surface area (Å²) in [5, 5.41) is 21.7. The van der Waals surface area contributed by atoms with Crippen LogP contribution in [0.1, 0.15) is 30.0 Å². The largest absolute Gasteiger partial charge is 0.481 e. The lowest BCUT2D eigenvalue weighted by atomic mass is 10.1. The summed E-state index contributed by atoms with van der Waals surface area (Å²) in [6.45, 7) is 2.48. The van der Waals surface area contributed by atoms with E-state index in [4.69, 9.17) is 16.2 Å². The lowest BCUT2D eigenvalue weighted by molar-refractivity contribution is -0.141. The fraction of sp³-hybridized carbons (Fsp3) is 0.273. The summed E-state index contributed by atoms with van der Waals surface area (Å²) in [6, 6.07) is 14.1. The molecule has 1 unspecified atom stereocenters. The van der Waals surface area contributed by atoms with Crippen LogP contribution >= 0.6 is 0 Å². The second kappa shape index (κ2) is 10.8. The number of hydrogen-bond donors (Lipinski definition) is 5. The van der Waals surface area contributed by atoms with Crippen LogP contribution in [-0.2, 0) is 27.5 Å². The van der Waals surface area contributed by atoms with Crippen LogP contribution in [0.15, 0.2) is 48.5 Å². The average molecular weight is 425 g/mol. The Labute approximate surface area is 180 Å². The van der Waals surface area contributed by atoms with E-state index in [1.165, 1.54) is 6.92 Å². The molecular weight excluding hydrogens is 398 g/mol. The van der Waals surface area contributed by atoms with E-state index >= 15 is 0 Å². The van der Waals surface area contributed by atoms with E-state index in [1.807, 2.05) is 36.4 Å². The number of carboxylic acids is 1. The van der Waals surface area contributed by atoms with E-state index in [1.54, 1.807) is 24.1 Å². The zero-order chi connectivity index (χ0) is 23.0. The van der Waals surface area contributed by atoms with Gasteiger partial charge in [0.2, 0.25) is 11.8 Å². The monoisotopic (exact) mass is 425 g/mol. The lowest BCUT2D eigenvalue weighted by Crippen LogP contribution is -2.39. The molecule has 6 N–H and O–H groups in total. The maximum Gasteiger partial charge on any atom is 0.305 e. The molecule has 9 heteroatoms. The molecule has 2 aromatic carbocycles. The van der Waals surface area contributed by atoms with Crippen molar-refractivity contribution >= 4 is 29.3 Å². The Hall–Kier alpha value is -3.88. The Morgan fingerprint density at radius 3 is 2.45 bits per heavy atom. The van der Waals surface area contributed by atoms with E-state index in [0.29, 0.717) is 18.7 Å². The van der Waals surface area contributed by atoms with Gasteiger partial charge in [0, 0.05) is 38.3 Å². The Morgan fingerprint density at radius 1 is 1.23 bits per heavy atom. The zero-order valence-corrected chi connectivity index (χ0v) is 17.5. The second-order valence-electron chi connectivity index (χ2n) is 7.17. The first-order valence-corrected chi connectivity index (χ1v) is 9.66. The van der Waals surface area contributed by atoms with Crippen LogP contribution in [0.5, 0.6) is 0 Å². The van der Waals surface area contributed by atoms with Crippen molar-refractivity contribution in [2.45, 2.75) is 32.5 Å². The predicted molar refractivity (Wildman–Crippen MR) is 118 cm³/mol. The van der Waals surface area contributed by atoms with Gasteiger partial charge in [-0.05, 0) is 17.2 Å². The predicted octanol–water partition coefficient (Wildman–Crippen LogP) is 1.52. The van der Waals surface area contributed by atoms with Crippen LogP contribution in [0.4, 0.5) is 5.69 Å². The fourth-order valence-corrected chi connectivity index (χ4v) is 2.99. The van der Waals surface area contributed by atoms with Gasteiger partial charge in [-0.2, -0.15) is 0 Å². The number of anilines is 1. The number of aliphatic carboxylic acids is 1. The van der Waals surface area contributed by atoms with E-state index in [2.05, 4.69) is 10.6 Å². The number of nitrogens with zero attached hydrogens (tertiary/aromatic N) is 1. The van der Waals surface area contributed by atoms with Gasteiger partial charge in [0.05, 0.1) is 6.42 Å². The molecule has 3 rings (SSSR count). The molecule has 9 nitrogen and oxygen atoms in total. The molecule has 1 heterocycles. The van der Waals surface area contributed by atoms with Crippen LogP contribution in [0, 0.1) is 5.41 Å². The molecule has 31 heavy (non-hydrogen) atoms. The number of para-hydroxylation sites is 1. The van der Waals surface area contributed by atoms with E-state index in [9.17, 15) is 14.4 Å². The molecule has 0 spiro atoms. The number of hydrogen-bond acceptors (Lipinski definition) is 5. The summed E-state index contributed by atoms with van der Waals surface area (Å²) in [7, 11) is 1.68. The summed E-state index contributed by atoms with van der Waals surface area (Å²) in [5.41, 5.74) is 8.81. The molecule has 0 aliphatic carbocycles. The SMILES string of the molecule is CC(=O)NCc1ccc(C(=N)N)cc1.CN1Cc2ccccc2NC(CC(=O)O)C1=O. The number of amides is 2. The number of carbonyl (C=O) groups is 3. The van der Waals surface area contributed by atoms with Crippen LogP contribution in [-0.4, -0.2) is 46.7 Å². The third-order valence-corrected chi connectivity index (χ3v) is 4.61. The van der Waals surface area contributed by atoms with Gasteiger partial charge in [-0.25, -0.2) is 0 Å². The average Bonchev–Trinajstić information content (AvgIpc) is 2.83. The Kier molecular flexibility index (Phi) is 8.13. The van der Waals surface area contributed by atoms with Crippen LogP contribution in [0.2, 0.25) is 0 Å². The Bertz CT molecular complexity index is 959. The van der Waals surface area contributed by atoms with Crippen LogP contribution in [0.3, 0.4) is 0 Å². The molecule has 0 aromatic heterocycles. The Morgan fingerprint density at radius 2 is 1.87 bits per heavy atom. The number of amidine groups is 1. The highest BCUT2D eigenvalue weighted by atomic mass is 16.4. The highest BCUT2D eigenvalue weighted by molar-refractivity contribution is 5.94. The first kappa shape index (κ1) is 23.4. The maximum atomic E-state index is 11.9. The zero-order valence-electron chi connectivity index (χ0n) is 17.5. The van der Waals surface area contributed by atoms with Crippen molar-refractivity contribution in [2.24, 2.45) is 5.73 Å². The minimum Gasteiger partial charge on any atom is -0.481 e. The van der Waals surface area contributed by atoms with Gasteiger partial charge in [-0.1, -0.05) is 42.5 Å². The van der Waals surface area contributed by atoms with E-state index in [0.717, 1.165) is 16.8 Å². The van der Waals surface area contributed by atoms with Crippen LogP contribution < -0.4 is 16.4 Å². The molecule has 0 bridgehead atoms. The van der Waals surface area contributed by atoms with Crippen molar-refractivity contribution in [3.05, 3.63) is 65.2 Å². The number of nitrogens with two attached hydrogens (primary N) is 1. The standard InChI is InChI=1S/C12H14N2O3.C10H13N3O/c1-14-7-8-4-2-3-5-9(8)13-10(12(14)17)6-11(15)16;1-7(14)13-6-8-2-4-9(5-3-8)10(11)12/h2-5,10,13H,6-7H2,1H3,(H,15,16);2-5H,6H2,1H3,(H3,11,12)(H,13,14). The fourth-order valence-electron chi connectivity index (χ4n) is 2.99. The van der Waals surface area contributed by atoms with Gasteiger partial charge < -0.3 is 26.4 Å². The van der Waals surface area contributed by atoms with Crippen LogP contribution in [0.25, 0.3) is 0 Å². The number of nitrogens with one attached hydrogen (secondary N) is 3. The van der Waals surface area contributed by atoms with Crippen molar-refractivity contribution in [2.75, 3.05) is 12.4 Å². The van der Waals surface area contributed by atoms with Gasteiger partial charge in [0.25, 0.3) is 0 Å². The van der Waals surface area contributed by atoms with Gasteiger partial charge in [-0.3, -0.25) is 19.8 Å².